The third-order valence-corrected chi connectivity index (χ3v) is 3.21. The Morgan fingerprint density at radius 2 is 1.59 bits per heavy atom. The molecule has 0 aliphatic heterocycles. The fourth-order valence-corrected chi connectivity index (χ4v) is 1.90. The second kappa shape index (κ2) is 9.34. The minimum atomic E-state index is -5.06. The lowest BCUT2D eigenvalue weighted by molar-refractivity contribution is -0.169. The van der Waals surface area contributed by atoms with E-state index in [0.717, 1.165) is 6.92 Å². The summed E-state index contributed by atoms with van der Waals surface area (Å²) in [5.41, 5.74) is 1.35. The molecule has 0 unspecified atom stereocenters. The van der Waals surface area contributed by atoms with Gasteiger partial charge < -0.3 is 5.32 Å². The third kappa shape index (κ3) is 7.76. The van der Waals surface area contributed by atoms with E-state index in [1.807, 2.05) is 5.43 Å². The van der Waals surface area contributed by atoms with Gasteiger partial charge in [-0.15, -0.1) is 0 Å². The van der Waals surface area contributed by atoms with Crippen LogP contribution in [0.3, 0.4) is 0 Å². The number of allylic oxidation sites excluding steroid dienone is 2. The lowest BCUT2D eigenvalue weighted by Gasteiger charge is -2.12. The molecule has 0 bridgehead atoms. The SMILES string of the molecule is CC(=CC(=O)C(F)(F)F)Nc1ccccc1C(=O)NN=C(C)CC(=O)C(F)(F)F. The van der Waals surface area contributed by atoms with Gasteiger partial charge in [0.25, 0.3) is 11.7 Å². The molecule has 0 radical (unpaired) electrons. The zero-order chi connectivity index (χ0) is 22.4. The molecule has 1 rings (SSSR count). The lowest BCUT2D eigenvalue weighted by Crippen LogP contribution is -2.26. The molecule has 0 saturated heterocycles. The Bertz CT molecular complexity index is 857. The Morgan fingerprint density at radius 3 is 2.14 bits per heavy atom. The number of Topliss-reactive ketones (excluding diaryl/α,β-unsaturated/α-hetero) is 1. The number of ketones is 2. The third-order valence-electron chi connectivity index (χ3n) is 3.21. The first-order valence-electron chi connectivity index (χ1n) is 7.81. The van der Waals surface area contributed by atoms with Gasteiger partial charge >= 0.3 is 12.4 Å². The average molecular weight is 423 g/mol. The van der Waals surface area contributed by atoms with E-state index >= 15 is 0 Å². The fraction of sp³-hybridized carbons (Fsp3) is 0.294. The number of hydrazone groups is 1. The van der Waals surface area contributed by atoms with Gasteiger partial charge in [0.2, 0.25) is 5.78 Å². The number of carbonyl (C=O) groups excluding carboxylic acids is 3. The molecule has 0 spiro atoms. The number of alkyl halides is 6. The van der Waals surface area contributed by atoms with Gasteiger partial charge in [-0.3, -0.25) is 14.4 Å². The molecule has 12 heteroatoms. The van der Waals surface area contributed by atoms with E-state index in [4.69, 9.17) is 0 Å². The topological polar surface area (TPSA) is 87.6 Å². The maximum Gasteiger partial charge on any atom is 0.454 e. The maximum absolute atomic E-state index is 12.3. The number of nitrogens with one attached hydrogen (secondary N) is 2. The summed E-state index contributed by atoms with van der Waals surface area (Å²) in [6.45, 7) is 2.27. The summed E-state index contributed by atoms with van der Waals surface area (Å²) < 4.78 is 73.5. The van der Waals surface area contributed by atoms with Crippen LogP contribution in [0.5, 0.6) is 0 Å². The first-order chi connectivity index (χ1) is 13.2. The Labute approximate surface area is 160 Å². The van der Waals surface area contributed by atoms with Crippen LogP contribution in [0.4, 0.5) is 32.0 Å². The van der Waals surface area contributed by atoms with Gasteiger partial charge in [0.1, 0.15) is 0 Å². The molecule has 0 aliphatic carbocycles. The maximum atomic E-state index is 12.3. The van der Waals surface area contributed by atoms with E-state index < -0.39 is 36.2 Å². The average Bonchev–Trinajstić information content (AvgIpc) is 2.58. The van der Waals surface area contributed by atoms with Gasteiger partial charge in [-0.05, 0) is 26.0 Å². The molecule has 2 N–H and O–H groups in total. The van der Waals surface area contributed by atoms with E-state index in [0.29, 0.717) is 6.08 Å². The summed E-state index contributed by atoms with van der Waals surface area (Å²) in [4.78, 5) is 34.0. The predicted molar refractivity (Wildman–Crippen MR) is 91.1 cm³/mol. The van der Waals surface area contributed by atoms with Gasteiger partial charge in [-0.25, -0.2) is 5.43 Å². The monoisotopic (exact) mass is 423 g/mol. The molecule has 0 atom stereocenters. The van der Waals surface area contributed by atoms with Gasteiger partial charge in [-0.2, -0.15) is 31.4 Å². The van der Waals surface area contributed by atoms with Crippen molar-refractivity contribution in [1.82, 2.24) is 5.43 Å². The van der Waals surface area contributed by atoms with Gasteiger partial charge in [0, 0.05) is 17.5 Å². The summed E-state index contributed by atoms with van der Waals surface area (Å²) in [7, 11) is 0. The summed E-state index contributed by atoms with van der Waals surface area (Å²) in [5.74, 6) is -5.04. The van der Waals surface area contributed by atoms with Gasteiger partial charge in [0.05, 0.1) is 17.7 Å². The van der Waals surface area contributed by atoms with Crippen molar-refractivity contribution in [3.05, 3.63) is 41.6 Å². The number of para-hydroxylation sites is 1. The van der Waals surface area contributed by atoms with Crippen LogP contribution in [0.2, 0.25) is 0 Å². The smallest absolute Gasteiger partial charge is 0.358 e. The van der Waals surface area contributed by atoms with Gasteiger partial charge in [-0.1, -0.05) is 12.1 Å². The summed E-state index contributed by atoms with van der Waals surface area (Å²) in [6.07, 6.45) is -10.8. The molecule has 0 aliphatic rings. The molecule has 0 saturated carbocycles. The number of rotatable bonds is 7. The highest BCUT2D eigenvalue weighted by Gasteiger charge is 2.38. The van der Waals surface area contributed by atoms with Crippen LogP contribution in [0.1, 0.15) is 30.6 Å². The lowest BCUT2D eigenvalue weighted by atomic mass is 10.1. The largest absolute Gasteiger partial charge is 0.454 e. The van der Waals surface area contributed by atoms with Crippen molar-refractivity contribution in [2.75, 3.05) is 5.32 Å². The Hall–Kier alpha value is -3.18. The van der Waals surface area contributed by atoms with Crippen LogP contribution in [0.15, 0.2) is 41.1 Å². The van der Waals surface area contributed by atoms with Crippen LogP contribution in [-0.4, -0.2) is 35.5 Å². The molecular weight excluding hydrogens is 408 g/mol. The van der Waals surface area contributed by atoms with Crippen LogP contribution in [0.25, 0.3) is 0 Å². The number of nitrogens with zero attached hydrogens (tertiary/aromatic N) is 1. The van der Waals surface area contributed by atoms with E-state index in [-0.39, 0.29) is 22.7 Å². The van der Waals surface area contributed by atoms with Crippen molar-refractivity contribution in [3.8, 4) is 0 Å². The number of anilines is 1. The van der Waals surface area contributed by atoms with Crippen molar-refractivity contribution in [3.63, 3.8) is 0 Å². The molecule has 0 fully saturated rings. The summed E-state index contributed by atoms with van der Waals surface area (Å²) in [6, 6.07) is 5.47. The van der Waals surface area contributed by atoms with Crippen molar-refractivity contribution < 1.29 is 40.7 Å². The predicted octanol–water partition coefficient (Wildman–Crippen LogP) is 3.76. The van der Waals surface area contributed by atoms with Crippen molar-refractivity contribution in [1.29, 1.82) is 0 Å². The number of halogens is 6. The quantitative estimate of drug-likeness (QED) is 0.303. The molecule has 158 valence electrons. The first kappa shape index (κ1) is 23.9. The number of amides is 1. The Balaban J connectivity index is 2.92. The summed E-state index contributed by atoms with van der Waals surface area (Å²) in [5, 5.41) is 5.87. The highest BCUT2D eigenvalue weighted by atomic mass is 19.4. The normalized spacial score (nSPS) is 13.1. The number of hydrogen-bond acceptors (Lipinski definition) is 5. The zero-order valence-electron chi connectivity index (χ0n) is 15.0. The molecule has 0 heterocycles. The number of hydrogen-bond donors (Lipinski definition) is 2. The van der Waals surface area contributed by atoms with Crippen molar-refractivity contribution >= 4 is 28.9 Å². The molecule has 1 amide bonds. The standard InChI is InChI=1S/C17H15F6N3O3/c1-9(7-13(27)16(18,19)20)24-12-6-4-3-5-11(12)15(29)26-25-10(2)8-14(28)17(21,22)23/h3-7,24H,8H2,1-2H3,(H,26,29). The summed E-state index contributed by atoms with van der Waals surface area (Å²) >= 11 is 0. The van der Waals surface area contributed by atoms with Crippen LogP contribution in [0, 0.1) is 0 Å². The number of benzene rings is 1. The van der Waals surface area contributed by atoms with Crippen LogP contribution < -0.4 is 10.7 Å². The Morgan fingerprint density at radius 1 is 1.00 bits per heavy atom. The fourth-order valence-electron chi connectivity index (χ4n) is 1.90. The molecule has 0 aromatic heterocycles. The van der Waals surface area contributed by atoms with Gasteiger partial charge in [0.15, 0.2) is 0 Å². The van der Waals surface area contributed by atoms with Crippen LogP contribution >= 0.6 is 0 Å². The molecule has 1 aromatic carbocycles. The van der Waals surface area contributed by atoms with E-state index in [1.54, 1.807) is 0 Å². The van der Waals surface area contributed by atoms with E-state index in [9.17, 15) is 40.7 Å². The van der Waals surface area contributed by atoms with Crippen molar-refractivity contribution in [2.24, 2.45) is 5.10 Å². The van der Waals surface area contributed by atoms with Crippen LogP contribution in [-0.2, 0) is 9.59 Å². The highest BCUT2D eigenvalue weighted by Crippen LogP contribution is 2.21. The molecule has 1 aromatic rings. The number of carbonyl (C=O) groups is 3. The highest BCUT2D eigenvalue weighted by molar-refractivity contribution is 6.04. The minimum Gasteiger partial charge on any atom is -0.358 e. The molecule has 29 heavy (non-hydrogen) atoms. The van der Waals surface area contributed by atoms with E-state index in [2.05, 4.69) is 10.4 Å². The van der Waals surface area contributed by atoms with Crippen molar-refractivity contribution in [2.45, 2.75) is 32.6 Å². The second-order valence-corrected chi connectivity index (χ2v) is 5.75. The van der Waals surface area contributed by atoms with E-state index in [1.165, 1.54) is 31.2 Å². The first-order valence-corrected chi connectivity index (χ1v) is 7.81. The molecular formula is C17H15F6N3O3. The minimum absolute atomic E-state index is 0.0212. The Kier molecular flexibility index (Phi) is 7.69. The molecule has 6 nitrogen and oxygen atoms in total. The second-order valence-electron chi connectivity index (χ2n) is 5.75. The zero-order valence-corrected chi connectivity index (χ0v) is 15.0.